The normalized spacial score (nSPS) is 22.3. The molecular formula is C33H38N4O3. The van der Waals surface area contributed by atoms with Crippen LogP contribution in [0.1, 0.15) is 65.7 Å². The number of para-hydroxylation sites is 1. The number of hydrogen-bond donors (Lipinski definition) is 1. The lowest BCUT2D eigenvalue weighted by Gasteiger charge is -2.40. The summed E-state index contributed by atoms with van der Waals surface area (Å²) in [6.07, 6.45) is 10.4. The van der Waals surface area contributed by atoms with Gasteiger partial charge in [-0.15, -0.1) is 0 Å². The molecule has 3 aliphatic rings. The maximum atomic E-state index is 13.8. The van der Waals surface area contributed by atoms with Gasteiger partial charge in [-0.1, -0.05) is 43.2 Å². The molecule has 40 heavy (non-hydrogen) atoms. The van der Waals surface area contributed by atoms with E-state index in [1.54, 1.807) is 0 Å². The molecule has 0 unspecified atom stereocenters. The average molecular weight is 539 g/mol. The molecule has 1 aliphatic carbocycles. The van der Waals surface area contributed by atoms with Crippen molar-refractivity contribution in [2.45, 2.75) is 51.0 Å². The van der Waals surface area contributed by atoms with Gasteiger partial charge in [-0.05, 0) is 73.9 Å². The van der Waals surface area contributed by atoms with Gasteiger partial charge in [0, 0.05) is 50.2 Å². The summed E-state index contributed by atoms with van der Waals surface area (Å²) in [5.74, 6) is 0.000347. The minimum atomic E-state index is -0.164. The van der Waals surface area contributed by atoms with E-state index in [1.807, 2.05) is 88.6 Å². The van der Waals surface area contributed by atoms with Crippen LogP contribution in [-0.4, -0.2) is 64.3 Å². The van der Waals surface area contributed by atoms with Crippen molar-refractivity contribution in [3.8, 4) is 5.69 Å². The third kappa shape index (κ3) is 5.29. The van der Waals surface area contributed by atoms with Gasteiger partial charge in [-0.25, -0.2) is 0 Å². The van der Waals surface area contributed by atoms with Gasteiger partial charge in [0.15, 0.2) is 0 Å². The van der Waals surface area contributed by atoms with Crippen molar-refractivity contribution in [1.82, 2.24) is 19.7 Å². The van der Waals surface area contributed by atoms with E-state index in [2.05, 4.69) is 10.2 Å². The number of carbonyl (C=O) groups is 3. The molecule has 2 saturated heterocycles. The van der Waals surface area contributed by atoms with Gasteiger partial charge in [0.1, 0.15) is 0 Å². The van der Waals surface area contributed by atoms with Gasteiger partial charge >= 0.3 is 0 Å². The van der Waals surface area contributed by atoms with Gasteiger partial charge in [-0.3, -0.25) is 14.4 Å². The second kappa shape index (κ2) is 11.3. The second-order valence-corrected chi connectivity index (χ2v) is 11.7. The fourth-order valence-electron chi connectivity index (χ4n) is 6.94. The number of nitrogens with one attached hydrogen (secondary N) is 1. The molecule has 1 aromatic heterocycles. The summed E-state index contributed by atoms with van der Waals surface area (Å²) >= 11 is 0. The van der Waals surface area contributed by atoms with Crippen molar-refractivity contribution >= 4 is 17.7 Å². The number of rotatable bonds is 5. The van der Waals surface area contributed by atoms with Crippen molar-refractivity contribution in [1.29, 1.82) is 0 Å². The summed E-state index contributed by atoms with van der Waals surface area (Å²) in [6, 6.07) is 20.8. The number of likely N-dealkylation sites (tertiary alicyclic amines) is 2. The van der Waals surface area contributed by atoms with Gasteiger partial charge < -0.3 is 19.7 Å². The smallest absolute Gasteiger partial charge is 0.255 e. The fraction of sp³-hybridized carbons (Fsp3) is 0.424. The molecule has 0 radical (unpaired) electrons. The van der Waals surface area contributed by atoms with Crippen molar-refractivity contribution in [3.63, 3.8) is 0 Å². The Labute approximate surface area is 236 Å². The summed E-state index contributed by atoms with van der Waals surface area (Å²) in [5.41, 5.74) is 2.33. The Hall–Kier alpha value is -3.87. The maximum absolute atomic E-state index is 13.8. The summed E-state index contributed by atoms with van der Waals surface area (Å²) in [5, 5.41) is 3.18. The van der Waals surface area contributed by atoms with Gasteiger partial charge in [-0.2, -0.15) is 0 Å². The molecule has 2 atom stereocenters. The Morgan fingerprint density at radius 3 is 2.15 bits per heavy atom. The zero-order valence-corrected chi connectivity index (χ0v) is 23.0. The van der Waals surface area contributed by atoms with Gasteiger partial charge in [0.2, 0.25) is 5.91 Å². The van der Waals surface area contributed by atoms with Crippen LogP contribution < -0.4 is 5.32 Å². The highest BCUT2D eigenvalue weighted by Gasteiger charge is 2.45. The van der Waals surface area contributed by atoms with Crippen LogP contribution in [0.2, 0.25) is 0 Å². The summed E-state index contributed by atoms with van der Waals surface area (Å²) < 4.78 is 1.99. The first-order valence-electron chi connectivity index (χ1n) is 14.7. The van der Waals surface area contributed by atoms with Crippen LogP contribution in [0.15, 0.2) is 79.1 Å². The van der Waals surface area contributed by atoms with E-state index < -0.39 is 0 Å². The van der Waals surface area contributed by atoms with Crippen LogP contribution in [0.4, 0.5) is 0 Å². The predicted octanol–water partition coefficient (Wildman–Crippen LogP) is 4.92. The van der Waals surface area contributed by atoms with Crippen molar-refractivity contribution in [2.75, 3.05) is 26.2 Å². The summed E-state index contributed by atoms with van der Waals surface area (Å²) in [6.45, 7) is 2.93. The zero-order chi connectivity index (χ0) is 27.5. The molecule has 7 nitrogen and oxygen atoms in total. The number of carbonyl (C=O) groups excluding carboxylic acids is 3. The lowest BCUT2D eigenvalue weighted by atomic mass is 9.77. The van der Waals surface area contributed by atoms with E-state index in [-0.39, 0.29) is 35.1 Å². The minimum absolute atomic E-state index is 0.0732. The SMILES string of the molecule is O=C(N[C@@H]1CCCC[C@@H]1C(=O)N1CCC2(CCN(C(=O)c3ccccc3-n3cccc3)CC2)C1)c1ccccc1. The quantitative estimate of drug-likeness (QED) is 0.501. The Bertz CT molecular complexity index is 1350. The molecule has 0 bridgehead atoms. The van der Waals surface area contributed by atoms with Crippen LogP contribution in [0, 0.1) is 11.3 Å². The summed E-state index contributed by atoms with van der Waals surface area (Å²) in [4.78, 5) is 44.2. The third-order valence-corrected chi connectivity index (χ3v) is 9.31. The molecule has 3 heterocycles. The van der Waals surface area contributed by atoms with E-state index in [1.165, 1.54) is 0 Å². The molecule has 1 N–H and O–H groups in total. The van der Waals surface area contributed by atoms with Crippen molar-refractivity contribution < 1.29 is 14.4 Å². The zero-order valence-electron chi connectivity index (χ0n) is 23.0. The van der Waals surface area contributed by atoms with Crippen LogP contribution in [0.5, 0.6) is 0 Å². The van der Waals surface area contributed by atoms with Gasteiger partial charge in [0.05, 0.1) is 17.2 Å². The molecule has 3 amide bonds. The molecule has 3 fully saturated rings. The molecule has 2 aromatic carbocycles. The molecule has 1 saturated carbocycles. The first-order valence-corrected chi connectivity index (χ1v) is 14.7. The Morgan fingerprint density at radius 1 is 0.750 bits per heavy atom. The fourth-order valence-corrected chi connectivity index (χ4v) is 6.94. The highest BCUT2D eigenvalue weighted by atomic mass is 16.2. The van der Waals surface area contributed by atoms with E-state index in [4.69, 9.17) is 0 Å². The summed E-state index contributed by atoms with van der Waals surface area (Å²) in [7, 11) is 0. The number of hydrogen-bond acceptors (Lipinski definition) is 3. The largest absolute Gasteiger partial charge is 0.349 e. The molecular weight excluding hydrogens is 500 g/mol. The van der Waals surface area contributed by atoms with Gasteiger partial charge in [0.25, 0.3) is 11.8 Å². The van der Waals surface area contributed by atoms with E-state index in [9.17, 15) is 14.4 Å². The Kier molecular flexibility index (Phi) is 7.46. The topological polar surface area (TPSA) is 74.7 Å². The maximum Gasteiger partial charge on any atom is 0.255 e. The van der Waals surface area contributed by atoms with Crippen LogP contribution >= 0.6 is 0 Å². The number of amides is 3. The highest BCUT2D eigenvalue weighted by Crippen LogP contribution is 2.42. The van der Waals surface area contributed by atoms with E-state index >= 15 is 0 Å². The molecule has 3 aromatic rings. The molecule has 2 aliphatic heterocycles. The number of aromatic nitrogens is 1. The van der Waals surface area contributed by atoms with Crippen LogP contribution in [-0.2, 0) is 4.79 Å². The lowest BCUT2D eigenvalue weighted by Crippen LogP contribution is -2.50. The van der Waals surface area contributed by atoms with Crippen LogP contribution in [0.3, 0.4) is 0 Å². The third-order valence-electron chi connectivity index (χ3n) is 9.31. The predicted molar refractivity (Wildman–Crippen MR) is 154 cm³/mol. The second-order valence-electron chi connectivity index (χ2n) is 11.7. The lowest BCUT2D eigenvalue weighted by molar-refractivity contribution is -0.136. The first kappa shape index (κ1) is 26.4. The van der Waals surface area contributed by atoms with E-state index in [0.717, 1.165) is 69.3 Å². The monoisotopic (exact) mass is 538 g/mol. The minimum Gasteiger partial charge on any atom is -0.349 e. The molecule has 7 heteroatoms. The Morgan fingerprint density at radius 2 is 1.40 bits per heavy atom. The van der Waals surface area contributed by atoms with Crippen molar-refractivity contribution in [2.24, 2.45) is 11.3 Å². The molecule has 6 rings (SSSR count). The number of nitrogens with zero attached hydrogens (tertiary/aromatic N) is 3. The Balaban J connectivity index is 1.07. The van der Waals surface area contributed by atoms with E-state index in [0.29, 0.717) is 18.7 Å². The first-order chi connectivity index (χ1) is 19.5. The van der Waals surface area contributed by atoms with Crippen molar-refractivity contribution in [3.05, 3.63) is 90.3 Å². The van der Waals surface area contributed by atoms with Crippen LogP contribution in [0.25, 0.3) is 5.69 Å². The highest BCUT2D eigenvalue weighted by molar-refractivity contribution is 5.98. The average Bonchev–Trinajstić information content (AvgIpc) is 3.69. The molecule has 1 spiro atoms. The number of benzene rings is 2. The standard InChI is InChI=1S/C33H38N4O3/c38-30(25-10-2-1-3-11-25)34-28-14-6-4-12-26(28)31(39)37-23-18-33(24-37)16-21-36(22-17-33)32(40)27-13-5-7-15-29(27)35-19-8-9-20-35/h1-3,5,7-11,13,15,19-20,26,28H,4,6,12,14,16-18,21-24H2,(H,34,38)/t26-,28+/m0/s1. The molecule has 208 valence electrons. The number of piperidine rings is 1.